The van der Waals surface area contributed by atoms with Gasteiger partial charge in [0.1, 0.15) is 17.6 Å². The monoisotopic (exact) mass is 477 g/mol. The number of sulfonamides is 1. The van der Waals surface area contributed by atoms with Gasteiger partial charge in [0, 0.05) is 13.1 Å². The van der Waals surface area contributed by atoms with Gasteiger partial charge in [-0.25, -0.2) is 17.7 Å². The summed E-state index contributed by atoms with van der Waals surface area (Å²) in [6, 6.07) is 8.91. The molecule has 3 rings (SSSR count). The van der Waals surface area contributed by atoms with E-state index in [0.717, 1.165) is 4.90 Å². The average Bonchev–Trinajstić information content (AvgIpc) is 3.03. The van der Waals surface area contributed by atoms with Crippen molar-refractivity contribution in [1.82, 2.24) is 4.31 Å². The Balaban J connectivity index is 1.97. The summed E-state index contributed by atoms with van der Waals surface area (Å²) in [5.41, 5.74) is 0.145. The van der Waals surface area contributed by atoms with Crippen LogP contribution in [0, 0.1) is 5.82 Å². The molecule has 0 aliphatic carbocycles. The lowest BCUT2D eigenvalue weighted by atomic mass is 10.2. The van der Waals surface area contributed by atoms with E-state index in [2.05, 4.69) is 5.32 Å². The summed E-state index contributed by atoms with van der Waals surface area (Å²) < 4.78 is 47.3. The van der Waals surface area contributed by atoms with Gasteiger partial charge in [-0.05, 0) is 44.2 Å². The van der Waals surface area contributed by atoms with Crippen LogP contribution in [0.2, 0.25) is 0 Å². The first-order valence-corrected chi connectivity index (χ1v) is 12.2. The van der Waals surface area contributed by atoms with Crippen molar-refractivity contribution in [2.75, 3.05) is 23.3 Å². The van der Waals surface area contributed by atoms with E-state index in [9.17, 15) is 22.4 Å². The lowest BCUT2D eigenvalue weighted by molar-refractivity contribution is -0.121. The van der Waals surface area contributed by atoms with Crippen LogP contribution in [-0.4, -0.2) is 49.8 Å². The molecule has 1 heterocycles. The number of benzene rings is 2. The Labute approximate surface area is 193 Å². The minimum Gasteiger partial charge on any atom is -0.489 e. The standard InChI is InChI=1S/C23H28FN3O5S/c1-5-26(6-2)33(30,31)16-11-12-21(32-15(3)4)18(13-16)25-19-14-22(28)27(23(19)29)20-10-8-7-9-17(20)24/h7-13,15,19,25H,5-6,14H2,1-4H3. The van der Waals surface area contributed by atoms with Crippen LogP contribution < -0.4 is 15.0 Å². The molecule has 0 radical (unpaired) electrons. The number of nitrogens with zero attached hydrogens (tertiary/aromatic N) is 2. The lowest BCUT2D eigenvalue weighted by Crippen LogP contribution is -2.35. The van der Waals surface area contributed by atoms with E-state index in [1.54, 1.807) is 13.8 Å². The fourth-order valence-electron chi connectivity index (χ4n) is 3.67. The number of ether oxygens (including phenoxy) is 1. The third-order valence-corrected chi connectivity index (χ3v) is 7.27. The fourth-order valence-corrected chi connectivity index (χ4v) is 5.15. The van der Waals surface area contributed by atoms with E-state index < -0.39 is 33.7 Å². The van der Waals surface area contributed by atoms with Crippen LogP contribution in [0.15, 0.2) is 47.4 Å². The Morgan fingerprint density at radius 2 is 1.82 bits per heavy atom. The first kappa shape index (κ1) is 24.7. The Morgan fingerprint density at radius 3 is 2.42 bits per heavy atom. The van der Waals surface area contributed by atoms with Crippen molar-refractivity contribution in [1.29, 1.82) is 0 Å². The van der Waals surface area contributed by atoms with Gasteiger partial charge in [0.2, 0.25) is 15.9 Å². The highest BCUT2D eigenvalue weighted by atomic mass is 32.2. The number of hydrogen-bond donors (Lipinski definition) is 1. The van der Waals surface area contributed by atoms with Gasteiger partial charge in [-0.3, -0.25) is 9.59 Å². The predicted molar refractivity (Wildman–Crippen MR) is 123 cm³/mol. The number of carbonyl (C=O) groups is 2. The highest BCUT2D eigenvalue weighted by Crippen LogP contribution is 2.33. The molecule has 178 valence electrons. The summed E-state index contributed by atoms with van der Waals surface area (Å²) in [7, 11) is -3.76. The maximum Gasteiger partial charge on any atom is 0.256 e. The quantitative estimate of drug-likeness (QED) is 0.556. The predicted octanol–water partition coefficient (Wildman–Crippen LogP) is 3.39. The van der Waals surface area contributed by atoms with Gasteiger partial charge in [0.15, 0.2) is 0 Å². The second kappa shape index (κ2) is 9.88. The molecule has 0 saturated carbocycles. The fraction of sp³-hybridized carbons (Fsp3) is 0.391. The molecule has 2 aromatic carbocycles. The van der Waals surface area contributed by atoms with Crippen molar-refractivity contribution in [3.63, 3.8) is 0 Å². The second-order valence-corrected chi connectivity index (χ2v) is 9.77. The van der Waals surface area contributed by atoms with E-state index in [4.69, 9.17) is 4.74 Å². The molecule has 1 atom stereocenters. The highest BCUT2D eigenvalue weighted by molar-refractivity contribution is 7.89. The smallest absolute Gasteiger partial charge is 0.256 e. The second-order valence-electron chi connectivity index (χ2n) is 7.83. The number of para-hydroxylation sites is 1. The average molecular weight is 478 g/mol. The molecule has 2 aromatic rings. The van der Waals surface area contributed by atoms with Crippen LogP contribution >= 0.6 is 0 Å². The number of halogens is 1. The molecule has 0 bridgehead atoms. The van der Waals surface area contributed by atoms with Crippen molar-refractivity contribution in [2.24, 2.45) is 0 Å². The molecule has 1 saturated heterocycles. The summed E-state index contributed by atoms with van der Waals surface area (Å²) in [6.07, 6.45) is -0.423. The summed E-state index contributed by atoms with van der Waals surface area (Å²) in [5.74, 6) is -1.53. The van der Waals surface area contributed by atoms with E-state index in [1.807, 2.05) is 13.8 Å². The van der Waals surface area contributed by atoms with Gasteiger partial charge in [-0.1, -0.05) is 26.0 Å². The van der Waals surface area contributed by atoms with Crippen molar-refractivity contribution < 1.29 is 27.1 Å². The molecular formula is C23H28FN3O5S. The molecule has 0 spiro atoms. The molecule has 1 fully saturated rings. The molecule has 1 unspecified atom stereocenters. The molecule has 8 nitrogen and oxygen atoms in total. The van der Waals surface area contributed by atoms with Crippen LogP contribution in [0.5, 0.6) is 5.75 Å². The van der Waals surface area contributed by atoms with Crippen molar-refractivity contribution in [3.8, 4) is 5.75 Å². The summed E-state index contributed by atoms with van der Waals surface area (Å²) in [6.45, 7) is 7.73. The number of hydrogen-bond acceptors (Lipinski definition) is 6. The number of carbonyl (C=O) groups excluding carboxylic acids is 2. The van der Waals surface area contributed by atoms with E-state index >= 15 is 0 Å². The van der Waals surface area contributed by atoms with Crippen molar-refractivity contribution in [3.05, 3.63) is 48.3 Å². The van der Waals surface area contributed by atoms with Crippen LogP contribution in [0.25, 0.3) is 0 Å². The first-order chi connectivity index (χ1) is 15.6. The number of anilines is 2. The topological polar surface area (TPSA) is 96.0 Å². The molecule has 10 heteroatoms. The Morgan fingerprint density at radius 1 is 1.15 bits per heavy atom. The van der Waals surface area contributed by atoms with Gasteiger partial charge >= 0.3 is 0 Å². The Kier molecular flexibility index (Phi) is 7.38. The Hall–Kier alpha value is -2.98. The largest absolute Gasteiger partial charge is 0.489 e. The minimum absolute atomic E-state index is 0.0348. The van der Waals surface area contributed by atoms with E-state index in [1.165, 1.54) is 46.8 Å². The van der Waals surface area contributed by atoms with Crippen LogP contribution in [0.3, 0.4) is 0 Å². The minimum atomic E-state index is -3.76. The zero-order valence-electron chi connectivity index (χ0n) is 19.0. The van der Waals surface area contributed by atoms with Gasteiger partial charge in [0.05, 0.1) is 28.8 Å². The third-order valence-electron chi connectivity index (χ3n) is 5.23. The number of amides is 2. The van der Waals surface area contributed by atoms with E-state index in [0.29, 0.717) is 18.8 Å². The third kappa shape index (κ3) is 5.01. The highest BCUT2D eigenvalue weighted by Gasteiger charge is 2.41. The maximum absolute atomic E-state index is 14.2. The molecule has 0 aromatic heterocycles. The molecule has 33 heavy (non-hydrogen) atoms. The number of nitrogens with one attached hydrogen (secondary N) is 1. The zero-order valence-corrected chi connectivity index (χ0v) is 19.9. The first-order valence-electron chi connectivity index (χ1n) is 10.8. The summed E-state index contributed by atoms with van der Waals surface area (Å²) >= 11 is 0. The number of imide groups is 1. The van der Waals surface area contributed by atoms with Gasteiger partial charge in [0.25, 0.3) is 5.91 Å². The van der Waals surface area contributed by atoms with Crippen LogP contribution in [0.4, 0.5) is 15.8 Å². The summed E-state index contributed by atoms with van der Waals surface area (Å²) in [4.78, 5) is 26.4. The normalized spacial score (nSPS) is 16.7. The maximum atomic E-state index is 14.2. The molecule has 2 amide bonds. The van der Waals surface area contributed by atoms with Gasteiger partial charge in [-0.2, -0.15) is 4.31 Å². The molecule has 1 aliphatic heterocycles. The van der Waals surface area contributed by atoms with Crippen molar-refractivity contribution in [2.45, 2.75) is 51.2 Å². The molecule has 1 aliphatic rings. The van der Waals surface area contributed by atoms with Crippen LogP contribution in [0.1, 0.15) is 34.1 Å². The number of rotatable bonds is 9. The van der Waals surface area contributed by atoms with E-state index in [-0.39, 0.29) is 28.8 Å². The van der Waals surface area contributed by atoms with Gasteiger partial charge in [-0.15, -0.1) is 0 Å². The molecule has 1 N–H and O–H groups in total. The lowest BCUT2D eigenvalue weighted by Gasteiger charge is -2.22. The zero-order chi connectivity index (χ0) is 24.3. The summed E-state index contributed by atoms with van der Waals surface area (Å²) in [5, 5.41) is 2.96. The SMILES string of the molecule is CCN(CC)S(=O)(=O)c1ccc(OC(C)C)c(NC2CC(=O)N(c3ccccc3F)C2=O)c1. The molecular weight excluding hydrogens is 449 g/mol. The van der Waals surface area contributed by atoms with Crippen LogP contribution in [-0.2, 0) is 19.6 Å². The van der Waals surface area contributed by atoms with Gasteiger partial charge < -0.3 is 10.1 Å². The van der Waals surface area contributed by atoms with Crippen molar-refractivity contribution >= 4 is 33.2 Å². The Bertz CT molecular complexity index is 1150.